The van der Waals surface area contributed by atoms with Crippen LogP contribution in [0.3, 0.4) is 0 Å². The van der Waals surface area contributed by atoms with Gasteiger partial charge in [-0.3, -0.25) is 4.79 Å². The molecule has 0 aliphatic rings. The third-order valence-corrected chi connectivity index (χ3v) is 4.88. The lowest BCUT2D eigenvalue weighted by molar-refractivity contribution is 0.0911. The van der Waals surface area contributed by atoms with Crippen molar-refractivity contribution in [2.75, 3.05) is 14.1 Å². The fourth-order valence-corrected chi connectivity index (χ4v) is 3.45. The van der Waals surface area contributed by atoms with Gasteiger partial charge in [-0.15, -0.1) is 11.3 Å². The number of thiazole rings is 1. The molecule has 3 aromatic rings. The number of carbonyl (C=O) groups is 1. The number of rotatable bonds is 5. The molecule has 1 N–H and O–H groups in total. The lowest BCUT2D eigenvalue weighted by Gasteiger charge is -2.13. The molecule has 1 unspecified atom stereocenters. The van der Waals surface area contributed by atoms with Gasteiger partial charge in [0.05, 0.1) is 6.04 Å². The van der Waals surface area contributed by atoms with Crippen LogP contribution in [0.2, 0.25) is 0 Å². The highest BCUT2D eigenvalue weighted by molar-refractivity contribution is 7.09. The van der Waals surface area contributed by atoms with Crippen molar-refractivity contribution in [2.45, 2.75) is 26.4 Å². The van der Waals surface area contributed by atoms with Crippen LogP contribution in [0.1, 0.15) is 39.8 Å². The van der Waals surface area contributed by atoms with Crippen LogP contribution in [0.15, 0.2) is 34.1 Å². The van der Waals surface area contributed by atoms with E-state index in [0.29, 0.717) is 12.3 Å². The van der Waals surface area contributed by atoms with E-state index in [0.717, 1.165) is 27.2 Å². The van der Waals surface area contributed by atoms with Crippen LogP contribution >= 0.6 is 11.3 Å². The first-order valence-corrected chi connectivity index (χ1v) is 8.71. The van der Waals surface area contributed by atoms with E-state index in [1.165, 1.54) is 0 Å². The summed E-state index contributed by atoms with van der Waals surface area (Å²) < 4.78 is 5.85. The summed E-state index contributed by atoms with van der Waals surface area (Å²) in [6.45, 7) is 4.53. The fraction of sp³-hybridized carbons (Fsp3) is 0.333. The molecule has 0 fully saturated rings. The monoisotopic (exact) mass is 343 g/mol. The van der Waals surface area contributed by atoms with Crippen LogP contribution in [0.5, 0.6) is 0 Å². The smallest absolute Gasteiger partial charge is 0.287 e. The van der Waals surface area contributed by atoms with Crippen molar-refractivity contribution in [3.8, 4) is 0 Å². The van der Waals surface area contributed by atoms with E-state index in [9.17, 15) is 4.79 Å². The number of nitrogens with one attached hydrogen (secondary N) is 1. The molecule has 0 saturated heterocycles. The van der Waals surface area contributed by atoms with Crippen LogP contribution in [0, 0.1) is 6.92 Å². The van der Waals surface area contributed by atoms with Crippen LogP contribution in [0.4, 0.5) is 0 Å². The second-order valence-electron chi connectivity index (χ2n) is 6.17. The van der Waals surface area contributed by atoms with Gasteiger partial charge in [0, 0.05) is 28.6 Å². The molecule has 1 atom stereocenters. The Labute approximate surface area is 145 Å². The van der Waals surface area contributed by atoms with Gasteiger partial charge in [0.2, 0.25) is 0 Å². The Balaban J connectivity index is 1.91. The van der Waals surface area contributed by atoms with Gasteiger partial charge in [-0.25, -0.2) is 4.98 Å². The van der Waals surface area contributed by atoms with Gasteiger partial charge >= 0.3 is 0 Å². The number of hydrogen-bond donors (Lipinski definition) is 1. The normalized spacial score (nSPS) is 12.7. The number of aromatic nitrogens is 1. The molecular formula is C18H21N3O2S. The van der Waals surface area contributed by atoms with Gasteiger partial charge in [-0.2, -0.15) is 0 Å². The number of furan rings is 1. The quantitative estimate of drug-likeness (QED) is 0.766. The number of fused-ring (bicyclic) bond motifs is 1. The summed E-state index contributed by atoms with van der Waals surface area (Å²) in [6.07, 6.45) is 0. The zero-order chi connectivity index (χ0) is 17.3. The molecule has 0 radical (unpaired) electrons. The molecule has 1 aromatic carbocycles. The third kappa shape index (κ3) is 3.34. The van der Waals surface area contributed by atoms with Crippen molar-refractivity contribution < 1.29 is 9.21 Å². The zero-order valence-electron chi connectivity index (χ0n) is 14.3. The predicted molar refractivity (Wildman–Crippen MR) is 96.3 cm³/mol. The molecule has 6 heteroatoms. The maximum absolute atomic E-state index is 12.8. The summed E-state index contributed by atoms with van der Waals surface area (Å²) in [4.78, 5) is 19.2. The third-order valence-electron chi connectivity index (χ3n) is 3.73. The van der Waals surface area contributed by atoms with E-state index in [1.807, 2.05) is 62.5 Å². The number of carbonyl (C=O) groups excluding carboxylic acids is 1. The van der Waals surface area contributed by atoms with Crippen molar-refractivity contribution in [2.24, 2.45) is 0 Å². The molecule has 1 amide bonds. The van der Waals surface area contributed by atoms with Crippen LogP contribution in [0.25, 0.3) is 11.0 Å². The maximum atomic E-state index is 12.8. The van der Waals surface area contributed by atoms with Gasteiger partial charge in [-0.1, -0.05) is 18.2 Å². The molecule has 0 spiro atoms. The van der Waals surface area contributed by atoms with Gasteiger partial charge < -0.3 is 14.6 Å². The number of aryl methyl sites for hydroxylation is 1. The molecule has 24 heavy (non-hydrogen) atoms. The highest BCUT2D eigenvalue weighted by Gasteiger charge is 2.23. The highest BCUT2D eigenvalue weighted by Crippen LogP contribution is 2.27. The molecule has 0 aliphatic heterocycles. The van der Waals surface area contributed by atoms with Crippen molar-refractivity contribution in [1.29, 1.82) is 0 Å². The SMILES string of the molecule is Cc1csc(C(C)NC(=O)c2oc3ccccc3c2CN(C)C)n1. The van der Waals surface area contributed by atoms with Gasteiger partial charge in [-0.05, 0) is 34.0 Å². The number of nitrogens with zero attached hydrogens (tertiary/aromatic N) is 2. The average molecular weight is 343 g/mol. The topological polar surface area (TPSA) is 58.4 Å². The molecular weight excluding hydrogens is 322 g/mol. The highest BCUT2D eigenvalue weighted by atomic mass is 32.1. The second-order valence-corrected chi connectivity index (χ2v) is 7.06. The Hall–Kier alpha value is -2.18. The number of benzene rings is 1. The summed E-state index contributed by atoms with van der Waals surface area (Å²) in [5, 5.41) is 6.86. The van der Waals surface area contributed by atoms with Crippen molar-refractivity contribution in [3.05, 3.63) is 51.7 Å². The summed E-state index contributed by atoms with van der Waals surface area (Å²) in [5.74, 6) is 0.174. The van der Waals surface area contributed by atoms with E-state index >= 15 is 0 Å². The van der Waals surface area contributed by atoms with E-state index in [2.05, 4.69) is 10.3 Å². The second kappa shape index (κ2) is 6.75. The van der Waals surface area contributed by atoms with Crippen molar-refractivity contribution in [3.63, 3.8) is 0 Å². The first-order chi connectivity index (χ1) is 11.5. The largest absolute Gasteiger partial charge is 0.451 e. The molecule has 0 bridgehead atoms. The Morgan fingerprint density at radius 2 is 2.12 bits per heavy atom. The van der Waals surface area contributed by atoms with Crippen LogP contribution < -0.4 is 5.32 Å². The van der Waals surface area contributed by atoms with Gasteiger partial charge in [0.1, 0.15) is 10.6 Å². The summed E-state index contributed by atoms with van der Waals surface area (Å²) in [7, 11) is 3.95. The van der Waals surface area contributed by atoms with Crippen molar-refractivity contribution >= 4 is 28.2 Å². The van der Waals surface area contributed by atoms with Gasteiger partial charge in [0.25, 0.3) is 5.91 Å². The maximum Gasteiger partial charge on any atom is 0.287 e. The predicted octanol–water partition coefficient (Wildman–Crippen LogP) is 3.75. The molecule has 3 rings (SSSR count). The van der Waals surface area contributed by atoms with E-state index < -0.39 is 0 Å². The number of amides is 1. The van der Waals surface area contributed by atoms with Crippen molar-refractivity contribution in [1.82, 2.24) is 15.2 Å². The minimum atomic E-state index is -0.205. The Morgan fingerprint density at radius 3 is 2.79 bits per heavy atom. The fourth-order valence-electron chi connectivity index (χ4n) is 2.65. The van der Waals surface area contributed by atoms with Crippen LogP contribution in [-0.2, 0) is 6.54 Å². The first kappa shape index (κ1) is 16.7. The molecule has 5 nitrogen and oxygen atoms in total. The van der Waals surface area contributed by atoms with E-state index in [-0.39, 0.29) is 11.9 Å². The van der Waals surface area contributed by atoms with Gasteiger partial charge in [0.15, 0.2) is 5.76 Å². The standard InChI is InChI=1S/C18H21N3O2S/c1-11-10-24-18(19-11)12(2)20-17(22)16-14(9-21(3)4)13-7-5-6-8-15(13)23-16/h5-8,10,12H,9H2,1-4H3,(H,20,22). The summed E-state index contributed by atoms with van der Waals surface area (Å²) in [5.41, 5.74) is 2.61. The minimum Gasteiger partial charge on any atom is -0.451 e. The molecule has 2 aromatic heterocycles. The molecule has 2 heterocycles. The molecule has 0 aliphatic carbocycles. The van der Waals surface area contributed by atoms with E-state index in [1.54, 1.807) is 11.3 Å². The lowest BCUT2D eigenvalue weighted by Crippen LogP contribution is -2.27. The Morgan fingerprint density at radius 1 is 1.38 bits per heavy atom. The first-order valence-electron chi connectivity index (χ1n) is 7.83. The number of hydrogen-bond acceptors (Lipinski definition) is 5. The Bertz CT molecular complexity index is 866. The summed E-state index contributed by atoms with van der Waals surface area (Å²) >= 11 is 1.55. The Kier molecular flexibility index (Phi) is 4.69. The minimum absolute atomic E-state index is 0.156. The molecule has 0 saturated carbocycles. The number of para-hydroxylation sites is 1. The lowest BCUT2D eigenvalue weighted by atomic mass is 10.1. The zero-order valence-corrected chi connectivity index (χ0v) is 15.1. The van der Waals surface area contributed by atoms with Crippen LogP contribution in [-0.4, -0.2) is 29.9 Å². The average Bonchev–Trinajstić information content (AvgIpc) is 3.11. The molecule has 126 valence electrons. The summed E-state index contributed by atoms with van der Waals surface area (Å²) in [6, 6.07) is 7.59. The van der Waals surface area contributed by atoms with E-state index in [4.69, 9.17) is 4.42 Å².